The van der Waals surface area contributed by atoms with E-state index >= 15 is 0 Å². The van der Waals surface area contributed by atoms with Gasteiger partial charge in [0.2, 0.25) is 0 Å². The molecule has 0 spiro atoms. The van der Waals surface area contributed by atoms with Crippen LogP contribution in [0, 0.1) is 22.7 Å². The Kier molecular flexibility index (Phi) is 3.12. The first kappa shape index (κ1) is 13.4. The zero-order valence-corrected chi connectivity index (χ0v) is 12.2. The van der Waals surface area contributed by atoms with Gasteiger partial charge in [0.25, 0.3) is 0 Å². The molecule has 2 fully saturated rings. The third-order valence-electron chi connectivity index (χ3n) is 6.37. The maximum atomic E-state index is 11.8. The summed E-state index contributed by atoms with van der Waals surface area (Å²) in [6.45, 7) is 4.90. The molecule has 2 saturated carbocycles. The number of hydrogen-bond donors (Lipinski definition) is 1. The average molecular weight is 262 g/mol. The lowest BCUT2D eigenvalue weighted by Crippen LogP contribution is -2.50. The molecule has 3 aliphatic rings. The van der Waals surface area contributed by atoms with Gasteiger partial charge in [0.15, 0.2) is 5.78 Å². The molecule has 3 aliphatic carbocycles. The van der Waals surface area contributed by atoms with Gasteiger partial charge in [-0.15, -0.1) is 0 Å². The standard InChI is InChI=1S/C17H26O2/c1-16(11-18)8-3-9-17(2)14-10-13(19)6-4-12(14)5-7-15(16)17/h10,12,15,18H,3-9,11H2,1-2H3/t12-,15-,16-,17+/m1/s1. The Hall–Kier alpha value is -0.630. The normalized spacial score (nSPS) is 46.3. The molecule has 1 N–H and O–H groups in total. The lowest BCUT2D eigenvalue weighted by molar-refractivity contribution is -0.116. The molecule has 0 saturated heterocycles. The van der Waals surface area contributed by atoms with Crippen LogP contribution < -0.4 is 0 Å². The van der Waals surface area contributed by atoms with E-state index in [0.717, 1.165) is 19.3 Å². The van der Waals surface area contributed by atoms with Crippen molar-refractivity contribution in [3.05, 3.63) is 11.6 Å². The van der Waals surface area contributed by atoms with E-state index in [0.29, 0.717) is 24.2 Å². The van der Waals surface area contributed by atoms with Crippen molar-refractivity contribution in [3.63, 3.8) is 0 Å². The third-order valence-corrected chi connectivity index (χ3v) is 6.37. The Morgan fingerprint density at radius 3 is 2.79 bits per heavy atom. The lowest BCUT2D eigenvalue weighted by Gasteiger charge is -2.57. The van der Waals surface area contributed by atoms with E-state index < -0.39 is 0 Å². The van der Waals surface area contributed by atoms with Crippen LogP contribution in [0.1, 0.15) is 58.8 Å². The van der Waals surface area contributed by atoms with Gasteiger partial charge in [-0.05, 0) is 60.8 Å². The Bertz CT molecular complexity index is 425. The van der Waals surface area contributed by atoms with Crippen molar-refractivity contribution in [3.8, 4) is 0 Å². The lowest BCUT2D eigenvalue weighted by atomic mass is 9.47. The van der Waals surface area contributed by atoms with Gasteiger partial charge in [-0.25, -0.2) is 0 Å². The van der Waals surface area contributed by atoms with Crippen molar-refractivity contribution in [2.45, 2.75) is 58.8 Å². The summed E-state index contributed by atoms with van der Waals surface area (Å²) in [5.74, 6) is 1.51. The first-order valence-corrected chi connectivity index (χ1v) is 7.85. The minimum Gasteiger partial charge on any atom is -0.396 e. The number of aliphatic hydroxyl groups is 1. The van der Waals surface area contributed by atoms with Crippen LogP contribution in [-0.4, -0.2) is 17.5 Å². The molecule has 0 radical (unpaired) electrons. The Balaban J connectivity index is 2.02. The molecule has 0 heterocycles. The maximum absolute atomic E-state index is 11.8. The van der Waals surface area contributed by atoms with Gasteiger partial charge in [-0.1, -0.05) is 25.8 Å². The summed E-state index contributed by atoms with van der Waals surface area (Å²) >= 11 is 0. The first-order valence-electron chi connectivity index (χ1n) is 7.85. The van der Waals surface area contributed by atoms with Crippen LogP contribution in [0.4, 0.5) is 0 Å². The van der Waals surface area contributed by atoms with Crippen LogP contribution in [0.2, 0.25) is 0 Å². The second-order valence-corrected chi connectivity index (χ2v) is 7.51. The zero-order chi connectivity index (χ0) is 13.7. The van der Waals surface area contributed by atoms with Crippen LogP contribution in [-0.2, 0) is 4.79 Å². The minimum atomic E-state index is 0.0549. The average Bonchev–Trinajstić information content (AvgIpc) is 2.39. The molecule has 3 rings (SSSR count). The highest BCUT2D eigenvalue weighted by Crippen LogP contribution is 2.62. The molecule has 0 aromatic heterocycles. The van der Waals surface area contributed by atoms with E-state index in [2.05, 4.69) is 13.8 Å². The van der Waals surface area contributed by atoms with E-state index in [1.165, 1.54) is 31.3 Å². The van der Waals surface area contributed by atoms with Crippen molar-refractivity contribution in [1.29, 1.82) is 0 Å². The van der Waals surface area contributed by atoms with Crippen LogP contribution in [0.15, 0.2) is 11.6 Å². The van der Waals surface area contributed by atoms with Crippen LogP contribution in [0.3, 0.4) is 0 Å². The molecule has 19 heavy (non-hydrogen) atoms. The first-order chi connectivity index (χ1) is 8.99. The highest BCUT2D eigenvalue weighted by molar-refractivity contribution is 5.91. The van der Waals surface area contributed by atoms with Crippen molar-refractivity contribution in [1.82, 2.24) is 0 Å². The van der Waals surface area contributed by atoms with E-state index in [9.17, 15) is 9.90 Å². The van der Waals surface area contributed by atoms with Crippen molar-refractivity contribution >= 4 is 5.78 Å². The van der Waals surface area contributed by atoms with E-state index in [4.69, 9.17) is 0 Å². The largest absolute Gasteiger partial charge is 0.396 e. The maximum Gasteiger partial charge on any atom is 0.155 e. The molecule has 106 valence electrons. The highest BCUT2D eigenvalue weighted by atomic mass is 16.3. The number of carbonyl (C=O) groups is 1. The molecule has 0 aromatic carbocycles. The van der Waals surface area contributed by atoms with Crippen LogP contribution >= 0.6 is 0 Å². The number of rotatable bonds is 1. The van der Waals surface area contributed by atoms with Gasteiger partial charge >= 0.3 is 0 Å². The fraction of sp³-hybridized carbons (Fsp3) is 0.824. The minimum absolute atomic E-state index is 0.0549. The summed E-state index contributed by atoms with van der Waals surface area (Å²) < 4.78 is 0. The molecule has 0 unspecified atom stereocenters. The van der Waals surface area contributed by atoms with Gasteiger partial charge in [-0.2, -0.15) is 0 Å². The molecule has 0 bridgehead atoms. The quantitative estimate of drug-likeness (QED) is 0.785. The molecule has 0 aliphatic heterocycles. The number of allylic oxidation sites excluding steroid dienone is 2. The second-order valence-electron chi connectivity index (χ2n) is 7.51. The number of ketones is 1. The van der Waals surface area contributed by atoms with Crippen molar-refractivity contribution < 1.29 is 9.90 Å². The van der Waals surface area contributed by atoms with Gasteiger partial charge in [-0.3, -0.25) is 4.79 Å². The smallest absolute Gasteiger partial charge is 0.155 e. The van der Waals surface area contributed by atoms with Crippen LogP contribution in [0.5, 0.6) is 0 Å². The highest BCUT2D eigenvalue weighted by Gasteiger charge is 2.53. The van der Waals surface area contributed by atoms with E-state index in [1.54, 1.807) is 0 Å². The third kappa shape index (κ3) is 1.91. The number of carbonyl (C=O) groups excluding carboxylic acids is 1. The summed E-state index contributed by atoms with van der Waals surface area (Å²) in [7, 11) is 0. The predicted molar refractivity (Wildman–Crippen MR) is 75.7 cm³/mol. The number of aliphatic hydroxyl groups excluding tert-OH is 1. The molecule has 0 aromatic rings. The van der Waals surface area contributed by atoms with Gasteiger partial charge in [0, 0.05) is 13.0 Å². The summed E-state index contributed by atoms with van der Waals surface area (Å²) in [4.78, 5) is 11.8. The fourth-order valence-electron chi connectivity index (χ4n) is 5.31. The SMILES string of the molecule is C[C@]1(CO)CCC[C@@]2(C)C3=CC(=O)CC[C@@H]3CC[C@H]12. The molecule has 2 nitrogen and oxygen atoms in total. The van der Waals surface area contributed by atoms with Crippen molar-refractivity contribution in [2.24, 2.45) is 22.7 Å². The summed E-state index contributed by atoms with van der Waals surface area (Å²) in [6, 6.07) is 0. The Morgan fingerprint density at radius 2 is 2.05 bits per heavy atom. The number of hydrogen-bond acceptors (Lipinski definition) is 2. The molecule has 4 atom stereocenters. The van der Waals surface area contributed by atoms with Gasteiger partial charge < -0.3 is 5.11 Å². The van der Waals surface area contributed by atoms with Crippen LogP contribution in [0.25, 0.3) is 0 Å². The number of fused-ring (bicyclic) bond motifs is 3. The fourth-order valence-corrected chi connectivity index (χ4v) is 5.31. The summed E-state index contributed by atoms with van der Waals surface area (Å²) in [5, 5.41) is 9.87. The molecular weight excluding hydrogens is 236 g/mol. The topological polar surface area (TPSA) is 37.3 Å². The second kappa shape index (κ2) is 4.44. The predicted octanol–water partition coefficient (Wildman–Crippen LogP) is 3.49. The van der Waals surface area contributed by atoms with Gasteiger partial charge in [0.05, 0.1) is 0 Å². The summed E-state index contributed by atoms with van der Waals surface area (Å²) in [6.07, 6.45) is 9.73. The van der Waals surface area contributed by atoms with Gasteiger partial charge in [0.1, 0.15) is 0 Å². The molecular formula is C17H26O2. The zero-order valence-electron chi connectivity index (χ0n) is 12.2. The summed E-state index contributed by atoms with van der Waals surface area (Å²) in [5.41, 5.74) is 1.65. The molecule has 0 amide bonds. The van der Waals surface area contributed by atoms with E-state index in [1.807, 2.05) is 6.08 Å². The Labute approximate surface area is 116 Å². The molecule has 2 heteroatoms. The van der Waals surface area contributed by atoms with Crippen molar-refractivity contribution in [2.75, 3.05) is 6.61 Å². The van der Waals surface area contributed by atoms with E-state index in [-0.39, 0.29) is 10.8 Å². The Morgan fingerprint density at radius 1 is 1.26 bits per heavy atom. The monoisotopic (exact) mass is 262 g/mol.